The van der Waals surface area contributed by atoms with Crippen molar-refractivity contribution >= 4 is 17.8 Å². The zero-order valence-electron chi connectivity index (χ0n) is 11.1. The maximum atomic E-state index is 11.7. The molecule has 1 heterocycles. The average Bonchev–Trinajstić information content (AvgIpc) is 2.38. The molecule has 0 spiro atoms. The van der Waals surface area contributed by atoms with Gasteiger partial charge in [-0.1, -0.05) is 35.9 Å². The summed E-state index contributed by atoms with van der Waals surface area (Å²) in [6.07, 6.45) is 3.29. The SMILES string of the molecule is Cc1ccc(/C=C/C(=O)Nc2cccc(C)n2)cc1. The second-order valence-electron chi connectivity index (χ2n) is 4.40. The van der Waals surface area contributed by atoms with E-state index in [9.17, 15) is 4.79 Å². The number of pyridine rings is 1. The molecule has 1 amide bonds. The molecule has 0 saturated heterocycles. The van der Waals surface area contributed by atoms with E-state index in [4.69, 9.17) is 0 Å². The van der Waals surface area contributed by atoms with Gasteiger partial charge < -0.3 is 5.32 Å². The molecular formula is C16H16N2O. The fourth-order valence-corrected chi connectivity index (χ4v) is 1.63. The van der Waals surface area contributed by atoms with E-state index in [-0.39, 0.29) is 5.91 Å². The molecule has 0 aliphatic heterocycles. The van der Waals surface area contributed by atoms with Crippen LogP contribution in [0.1, 0.15) is 16.8 Å². The van der Waals surface area contributed by atoms with Gasteiger partial charge in [0.05, 0.1) is 0 Å². The fourth-order valence-electron chi connectivity index (χ4n) is 1.63. The van der Waals surface area contributed by atoms with Crippen molar-refractivity contribution in [2.75, 3.05) is 5.32 Å². The molecule has 2 rings (SSSR count). The average molecular weight is 252 g/mol. The Morgan fingerprint density at radius 2 is 1.84 bits per heavy atom. The molecule has 0 atom stereocenters. The van der Waals surface area contributed by atoms with Crippen LogP contribution in [0.5, 0.6) is 0 Å². The molecule has 1 aromatic carbocycles. The number of carbonyl (C=O) groups excluding carboxylic acids is 1. The summed E-state index contributed by atoms with van der Waals surface area (Å²) in [6.45, 7) is 3.92. The lowest BCUT2D eigenvalue weighted by molar-refractivity contribution is -0.111. The smallest absolute Gasteiger partial charge is 0.249 e. The number of nitrogens with one attached hydrogen (secondary N) is 1. The summed E-state index contributed by atoms with van der Waals surface area (Å²) in [6, 6.07) is 13.5. The number of hydrogen-bond donors (Lipinski definition) is 1. The molecule has 0 unspecified atom stereocenters. The largest absolute Gasteiger partial charge is 0.307 e. The van der Waals surface area contributed by atoms with Crippen LogP contribution in [-0.2, 0) is 4.79 Å². The van der Waals surface area contributed by atoms with Gasteiger partial charge in [0, 0.05) is 11.8 Å². The molecule has 0 radical (unpaired) electrons. The van der Waals surface area contributed by atoms with Gasteiger partial charge in [-0.25, -0.2) is 4.98 Å². The third kappa shape index (κ3) is 4.07. The second-order valence-corrected chi connectivity index (χ2v) is 4.40. The summed E-state index contributed by atoms with van der Waals surface area (Å²) in [5.41, 5.74) is 3.07. The molecular weight excluding hydrogens is 236 g/mol. The van der Waals surface area contributed by atoms with Crippen molar-refractivity contribution in [3.05, 3.63) is 65.4 Å². The number of nitrogens with zero attached hydrogens (tertiary/aromatic N) is 1. The lowest BCUT2D eigenvalue weighted by Crippen LogP contribution is -2.09. The number of anilines is 1. The van der Waals surface area contributed by atoms with Crippen LogP contribution in [0, 0.1) is 13.8 Å². The molecule has 0 aliphatic rings. The van der Waals surface area contributed by atoms with Crippen molar-refractivity contribution < 1.29 is 4.79 Å². The Kier molecular flexibility index (Phi) is 4.08. The van der Waals surface area contributed by atoms with Crippen LogP contribution < -0.4 is 5.32 Å². The Morgan fingerprint density at radius 3 is 2.53 bits per heavy atom. The number of benzene rings is 1. The minimum atomic E-state index is -0.182. The number of amides is 1. The maximum absolute atomic E-state index is 11.7. The van der Waals surface area contributed by atoms with E-state index in [1.807, 2.05) is 50.2 Å². The van der Waals surface area contributed by atoms with Crippen LogP contribution >= 0.6 is 0 Å². The van der Waals surface area contributed by atoms with E-state index in [1.54, 1.807) is 12.1 Å². The summed E-state index contributed by atoms with van der Waals surface area (Å²) in [5.74, 6) is 0.386. The number of hydrogen-bond acceptors (Lipinski definition) is 2. The van der Waals surface area contributed by atoms with Crippen molar-refractivity contribution in [3.8, 4) is 0 Å². The predicted octanol–water partition coefficient (Wildman–Crippen LogP) is 3.35. The molecule has 0 saturated carbocycles. The third-order valence-corrected chi connectivity index (χ3v) is 2.64. The number of rotatable bonds is 3. The fraction of sp³-hybridized carbons (Fsp3) is 0.125. The molecule has 0 fully saturated rings. The summed E-state index contributed by atoms with van der Waals surface area (Å²) in [7, 11) is 0. The van der Waals surface area contributed by atoms with Gasteiger partial charge in [-0.15, -0.1) is 0 Å². The van der Waals surface area contributed by atoms with Gasteiger partial charge in [0.15, 0.2) is 0 Å². The van der Waals surface area contributed by atoms with Crippen molar-refractivity contribution in [3.63, 3.8) is 0 Å². The lowest BCUT2D eigenvalue weighted by atomic mass is 10.1. The molecule has 1 N–H and O–H groups in total. The first-order valence-electron chi connectivity index (χ1n) is 6.13. The van der Waals surface area contributed by atoms with Gasteiger partial charge in [0.2, 0.25) is 5.91 Å². The Labute approximate surface area is 113 Å². The molecule has 3 heteroatoms. The predicted molar refractivity (Wildman–Crippen MR) is 77.8 cm³/mol. The highest BCUT2D eigenvalue weighted by Crippen LogP contribution is 2.06. The van der Waals surface area contributed by atoms with E-state index < -0.39 is 0 Å². The Morgan fingerprint density at radius 1 is 1.11 bits per heavy atom. The zero-order valence-corrected chi connectivity index (χ0v) is 11.1. The second kappa shape index (κ2) is 5.96. The van der Waals surface area contributed by atoms with E-state index in [2.05, 4.69) is 10.3 Å². The highest BCUT2D eigenvalue weighted by molar-refractivity contribution is 6.01. The lowest BCUT2D eigenvalue weighted by Gasteiger charge is -2.01. The van der Waals surface area contributed by atoms with Crippen LogP contribution in [0.25, 0.3) is 6.08 Å². The Balaban J connectivity index is 1.99. The van der Waals surface area contributed by atoms with E-state index in [0.717, 1.165) is 11.3 Å². The number of aromatic nitrogens is 1. The van der Waals surface area contributed by atoms with E-state index in [1.165, 1.54) is 11.6 Å². The summed E-state index contributed by atoms with van der Waals surface area (Å²) < 4.78 is 0. The van der Waals surface area contributed by atoms with Crippen LogP contribution in [0.15, 0.2) is 48.5 Å². The quantitative estimate of drug-likeness (QED) is 0.851. The van der Waals surface area contributed by atoms with Crippen molar-refractivity contribution in [1.82, 2.24) is 4.98 Å². The van der Waals surface area contributed by atoms with Gasteiger partial charge in [0.25, 0.3) is 0 Å². The van der Waals surface area contributed by atoms with Crippen LogP contribution in [0.3, 0.4) is 0 Å². The van der Waals surface area contributed by atoms with E-state index in [0.29, 0.717) is 5.82 Å². The number of carbonyl (C=O) groups is 1. The molecule has 0 bridgehead atoms. The van der Waals surface area contributed by atoms with Crippen molar-refractivity contribution in [1.29, 1.82) is 0 Å². The third-order valence-electron chi connectivity index (χ3n) is 2.64. The Bertz CT molecular complexity index is 600. The molecule has 0 aliphatic carbocycles. The summed E-state index contributed by atoms with van der Waals surface area (Å²) in [5, 5.41) is 2.73. The summed E-state index contributed by atoms with van der Waals surface area (Å²) in [4.78, 5) is 15.9. The van der Waals surface area contributed by atoms with Gasteiger partial charge in [-0.05, 0) is 37.6 Å². The summed E-state index contributed by atoms with van der Waals surface area (Å²) >= 11 is 0. The van der Waals surface area contributed by atoms with Gasteiger partial charge >= 0.3 is 0 Å². The molecule has 2 aromatic rings. The molecule has 19 heavy (non-hydrogen) atoms. The number of aryl methyl sites for hydroxylation is 2. The normalized spacial score (nSPS) is 10.6. The first-order chi connectivity index (χ1) is 9.13. The van der Waals surface area contributed by atoms with Gasteiger partial charge in [-0.3, -0.25) is 4.79 Å². The van der Waals surface area contributed by atoms with Crippen molar-refractivity contribution in [2.45, 2.75) is 13.8 Å². The molecule has 96 valence electrons. The minimum absolute atomic E-state index is 0.182. The molecule has 3 nitrogen and oxygen atoms in total. The van der Waals surface area contributed by atoms with Crippen LogP contribution in [-0.4, -0.2) is 10.9 Å². The van der Waals surface area contributed by atoms with Crippen LogP contribution in [0.4, 0.5) is 5.82 Å². The first kappa shape index (κ1) is 13.0. The monoisotopic (exact) mass is 252 g/mol. The van der Waals surface area contributed by atoms with Crippen molar-refractivity contribution in [2.24, 2.45) is 0 Å². The highest BCUT2D eigenvalue weighted by atomic mass is 16.1. The zero-order chi connectivity index (χ0) is 13.7. The van der Waals surface area contributed by atoms with Gasteiger partial charge in [0.1, 0.15) is 5.82 Å². The maximum Gasteiger partial charge on any atom is 0.249 e. The topological polar surface area (TPSA) is 42.0 Å². The highest BCUT2D eigenvalue weighted by Gasteiger charge is 1.98. The molecule has 1 aromatic heterocycles. The standard InChI is InChI=1S/C16H16N2O/c1-12-6-8-14(9-7-12)10-11-16(19)18-15-5-3-4-13(2)17-15/h3-11H,1-2H3,(H,17,18,19)/b11-10+. The first-order valence-corrected chi connectivity index (χ1v) is 6.13. The van der Waals surface area contributed by atoms with E-state index >= 15 is 0 Å². The minimum Gasteiger partial charge on any atom is -0.307 e. The van der Waals surface area contributed by atoms with Gasteiger partial charge in [-0.2, -0.15) is 0 Å². The van der Waals surface area contributed by atoms with Crippen LogP contribution in [0.2, 0.25) is 0 Å². The Hall–Kier alpha value is -2.42.